The molecule has 0 spiro atoms. The Morgan fingerprint density at radius 3 is 2.26 bits per heavy atom. The van der Waals surface area contributed by atoms with Gasteiger partial charge in [0.1, 0.15) is 6.04 Å². The molecule has 0 fully saturated rings. The molecule has 2 aromatic carbocycles. The molecular weight excluding hydrogens is 530 g/mol. The minimum atomic E-state index is -3.52. The first-order valence-electron chi connectivity index (χ1n) is 11.6. The highest BCUT2D eigenvalue weighted by atomic mass is 79.9. The normalized spacial score (nSPS) is 12.7. The lowest BCUT2D eigenvalue weighted by atomic mass is 10.1. The molecule has 0 aliphatic heterocycles. The van der Waals surface area contributed by atoms with Gasteiger partial charge >= 0.3 is 0 Å². The van der Waals surface area contributed by atoms with Crippen LogP contribution in [-0.2, 0) is 26.2 Å². The molecule has 35 heavy (non-hydrogen) atoms. The maximum absolute atomic E-state index is 13.3. The third kappa shape index (κ3) is 9.29. The van der Waals surface area contributed by atoms with Crippen molar-refractivity contribution >= 4 is 43.5 Å². The molecule has 0 radical (unpaired) electrons. The van der Waals surface area contributed by atoms with Crippen LogP contribution in [0.4, 0.5) is 5.69 Å². The number of carbonyl (C=O) groups excluding carboxylic acids is 2. The fraction of sp³-hybridized carbons (Fsp3) is 0.462. The van der Waals surface area contributed by atoms with Crippen LogP contribution >= 0.6 is 15.9 Å². The lowest BCUT2D eigenvalue weighted by Gasteiger charge is -2.32. The summed E-state index contributed by atoms with van der Waals surface area (Å²) in [6.45, 7) is 9.74. The van der Waals surface area contributed by atoms with Gasteiger partial charge in [0.05, 0.1) is 11.9 Å². The Kier molecular flexibility index (Phi) is 9.92. The van der Waals surface area contributed by atoms with Crippen LogP contribution < -0.4 is 9.62 Å². The Morgan fingerprint density at radius 1 is 1.09 bits per heavy atom. The molecule has 0 bridgehead atoms. The van der Waals surface area contributed by atoms with E-state index >= 15 is 0 Å². The van der Waals surface area contributed by atoms with Crippen molar-refractivity contribution in [2.24, 2.45) is 0 Å². The van der Waals surface area contributed by atoms with Crippen molar-refractivity contribution < 1.29 is 18.0 Å². The summed E-state index contributed by atoms with van der Waals surface area (Å²) in [5.74, 6) is -0.442. The number of hydrogen-bond donors (Lipinski definition) is 1. The smallest absolute Gasteiger partial charge is 0.242 e. The quantitative estimate of drug-likeness (QED) is 0.454. The Morgan fingerprint density at radius 2 is 1.71 bits per heavy atom. The zero-order valence-corrected chi connectivity index (χ0v) is 23.7. The van der Waals surface area contributed by atoms with Crippen LogP contribution in [0.2, 0.25) is 0 Å². The molecule has 2 amide bonds. The maximum atomic E-state index is 13.3. The molecule has 2 rings (SSSR count). The lowest BCUT2D eigenvalue weighted by Crippen LogP contribution is -2.52. The van der Waals surface area contributed by atoms with Crippen molar-refractivity contribution in [2.45, 2.75) is 65.6 Å². The molecule has 0 heterocycles. The third-order valence-electron chi connectivity index (χ3n) is 5.37. The van der Waals surface area contributed by atoms with Crippen LogP contribution in [0.5, 0.6) is 0 Å². The number of carbonyl (C=O) groups is 2. The fourth-order valence-electron chi connectivity index (χ4n) is 3.63. The molecule has 1 atom stereocenters. The van der Waals surface area contributed by atoms with Gasteiger partial charge in [0.2, 0.25) is 21.8 Å². The number of aryl methyl sites for hydroxylation is 1. The Labute approximate surface area is 218 Å². The number of rotatable bonds is 10. The number of hydrogen-bond acceptors (Lipinski definition) is 4. The topological polar surface area (TPSA) is 86.8 Å². The van der Waals surface area contributed by atoms with Crippen LogP contribution in [0.3, 0.4) is 0 Å². The number of anilines is 1. The molecule has 9 heteroatoms. The molecule has 0 saturated carbocycles. The van der Waals surface area contributed by atoms with Crippen LogP contribution in [0.25, 0.3) is 0 Å². The first-order valence-corrected chi connectivity index (χ1v) is 14.2. The van der Waals surface area contributed by atoms with Gasteiger partial charge in [-0.3, -0.25) is 13.9 Å². The SMILES string of the molecule is Cc1cccc(N(CCCC(=O)N(Cc2ccc(Br)cc2)[C@H](C)C(=O)NC(C)(C)C)S(C)(=O)=O)c1. The van der Waals surface area contributed by atoms with Gasteiger partial charge in [-0.15, -0.1) is 0 Å². The van der Waals surface area contributed by atoms with Crippen LogP contribution in [0.15, 0.2) is 53.0 Å². The van der Waals surface area contributed by atoms with Crippen molar-refractivity contribution in [3.63, 3.8) is 0 Å². The van der Waals surface area contributed by atoms with Crippen molar-refractivity contribution in [1.82, 2.24) is 10.2 Å². The summed E-state index contributed by atoms with van der Waals surface area (Å²) >= 11 is 3.41. The van der Waals surface area contributed by atoms with Gasteiger partial charge in [0, 0.05) is 29.5 Å². The highest BCUT2D eigenvalue weighted by molar-refractivity contribution is 9.10. The first-order chi connectivity index (χ1) is 16.2. The van der Waals surface area contributed by atoms with Gasteiger partial charge in [0.25, 0.3) is 0 Å². The Bertz CT molecular complexity index is 1130. The second-order valence-corrected chi connectivity index (χ2v) is 12.7. The summed E-state index contributed by atoms with van der Waals surface area (Å²) < 4.78 is 27.1. The lowest BCUT2D eigenvalue weighted by molar-refractivity contribution is -0.141. The molecule has 0 aromatic heterocycles. The van der Waals surface area contributed by atoms with E-state index in [1.807, 2.05) is 70.2 Å². The van der Waals surface area contributed by atoms with Gasteiger partial charge in [0.15, 0.2) is 0 Å². The first kappa shape index (κ1) is 28.8. The molecule has 7 nitrogen and oxygen atoms in total. The van der Waals surface area contributed by atoms with Gasteiger partial charge in [-0.25, -0.2) is 8.42 Å². The van der Waals surface area contributed by atoms with E-state index in [0.717, 1.165) is 21.9 Å². The highest BCUT2D eigenvalue weighted by Crippen LogP contribution is 2.21. The molecule has 192 valence electrons. The largest absolute Gasteiger partial charge is 0.350 e. The summed E-state index contributed by atoms with van der Waals surface area (Å²) in [4.78, 5) is 27.8. The summed E-state index contributed by atoms with van der Waals surface area (Å²) in [6, 6.07) is 14.2. The van der Waals surface area contributed by atoms with Gasteiger partial charge in [-0.05, 0) is 76.4 Å². The van der Waals surface area contributed by atoms with Crippen molar-refractivity contribution in [1.29, 1.82) is 0 Å². The van der Waals surface area contributed by atoms with Gasteiger partial charge in [-0.1, -0.05) is 40.2 Å². The number of halogens is 1. The van der Waals surface area contributed by atoms with E-state index in [2.05, 4.69) is 21.2 Å². The average molecular weight is 567 g/mol. The van der Waals surface area contributed by atoms with Crippen molar-refractivity contribution in [3.8, 4) is 0 Å². The van der Waals surface area contributed by atoms with E-state index in [4.69, 9.17) is 0 Å². The molecule has 1 N–H and O–H groups in total. The molecule has 0 aliphatic rings. The van der Waals surface area contributed by atoms with Gasteiger partial charge < -0.3 is 10.2 Å². The predicted molar refractivity (Wildman–Crippen MR) is 145 cm³/mol. The second kappa shape index (κ2) is 12.0. The zero-order chi connectivity index (χ0) is 26.4. The standard InChI is InChI=1S/C26H36BrN3O4S/c1-19-9-7-10-23(17-19)30(35(6,33)34)16-8-11-24(31)29(18-21-12-14-22(27)15-13-21)20(2)25(32)28-26(3,4)5/h7,9-10,12-15,17,20H,8,11,16,18H2,1-6H3,(H,28,32)/t20-/m1/s1. The summed E-state index contributed by atoms with van der Waals surface area (Å²) in [7, 11) is -3.52. The van der Waals surface area contributed by atoms with Gasteiger partial charge in [-0.2, -0.15) is 0 Å². The van der Waals surface area contributed by atoms with E-state index < -0.39 is 21.6 Å². The van der Waals surface area contributed by atoms with Crippen LogP contribution in [0.1, 0.15) is 51.7 Å². The van der Waals surface area contributed by atoms with Crippen molar-refractivity contribution in [3.05, 3.63) is 64.1 Å². The fourth-order valence-corrected chi connectivity index (χ4v) is 4.85. The number of sulfonamides is 1. The molecule has 2 aromatic rings. The second-order valence-electron chi connectivity index (χ2n) is 9.84. The molecular formula is C26H36BrN3O4S. The number of benzene rings is 2. The summed E-state index contributed by atoms with van der Waals surface area (Å²) in [5, 5.41) is 2.94. The third-order valence-corrected chi connectivity index (χ3v) is 7.10. The molecule has 0 saturated heterocycles. The number of amides is 2. The monoisotopic (exact) mass is 565 g/mol. The summed E-state index contributed by atoms with van der Waals surface area (Å²) in [5.41, 5.74) is 1.99. The van der Waals surface area contributed by atoms with E-state index in [0.29, 0.717) is 12.1 Å². The number of nitrogens with zero attached hydrogens (tertiary/aromatic N) is 2. The molecule has 0 unspecified atom stereocenters. The average Bonchev–Trinajstić information content (AvgIpc) is 2.73. The molecule has 0 aliphatic carbocycles. The van der Waals surface area contributed by atoms with E-state index in [1.54, 1.807) is 17.9 Å². The Balaban J connectivity index is 2.18. The highest BCUT2D eigenvalue weighted by Gasteiger charge is 2.28. The number of nitrogens with one attached hydrogen (secondary N) is 1. The maximum Gasteiger partial charge on any atom is 0.242 e. The van der Waals surface area contributed by atoms with Crippen molar-refractivity contribution in [2.75, 3.05) is 17.1 Å². The summed E-state index contributed by atoms with van der Waals surface area (Å²) in [6.07, 6.45) is 1.60. The van der Waals surface area contributed by atoms with E-state index in [1.165, 1.54) is 4.31 Å². The zero-order valence-electron chi connectivity index (χ0n) is 21.3. The predicted octanol–water partition coefficient (Wildman–Crippen LogP) is 4.64. The van der Waals surface area contributed by atoms with Crippen LogP contribution in [-0.4, -0.2) is 49.5 Å². The van der Waals surface area contributed by atoms with E-state index in [9.17, 15) is 18.0 Å². The van der Waals surface area contributed by atoms with E-state index in [-0.39, 0.29) is 31.3 Å². The van der Waals surface area contributed by atoms with Crippen LogP contribution in [0, 0.1) is 6.92 Å². The minimum absolute atomic E-state index is 0.113. The minimum Gasteiger partial charge on any atom is -0.350 e. The Hall–Kier alpha value is -2.39.